The monoisotopic (exact) mass is 360 g/mol. The van der Waals surface area contributed by atoms with Gasteiger partial charge < -0.3 is 14.8 Å². The summed E-state index contributed by atoms with van der Waals surface area (Å²) in [5.74, 6) is -0.179. The highest BCUT2D eigenvalue weighted by Gasteiger charge is 2.20. The Bertz CT molecular complexity index is 734. The third-order valence-electron chi connectivity index (χ3n) is 3.46. The van der Waals surface area contributed by atoms with Crippen LogP contribution >= 0.6 is 11.8 Å². The minimum absolute atomic E-state index is 0.341. The molecule has 0 spiro atoms. The molecule has 1 aromatic carbocycles. The molecule has 1 heterocycles. The van der Waals surface area contributed by atoms with Crippen LogP contribution in [-0.2, 0) is 16.1 Å². The summed E-state index contributed by atoms with van der Waals surface area (Å²) in [6, 6.07) is 10.6. The lowest BCUT2D eigenvalue weighted by molar-refractivity contribution is -0.129. The van der Waals surface area contributed by atoms with E-state index in [0.29, 0.717) is 17.1 Å². The molecule has 1 N–H and O–H groups in total. The first-order valence-electron chi connectivity index (χ1n) is 7.65. The number of carbonyl (C=O) groups excluding carboxylic acids is 2. The summed E-state index contributed by atoms with van der Waals surface area (Å²) in [6.07, 6.45) is 2.53. The lowest BCUT2D eigenvalue weighted by atomic mass is 10.2. The molecule has 0 saturated heterocycles. The fourth-order valence-corrected chi connectivity index (χ4v) is 2.60. The SMILES string of the molecule is COc1ccc(CNC(=O)[C@H](C)OC(=O)c2cccnc2SC)cc1. The number of pyridine rings is 1. The first-order valence-corrected chi connectivity index (χ1v) is 8.88. The lowest BCUT2D eigenvalue weighted by Gasteiger charge is -2.14. The number of nitrogens with zero attached hydrogens (tertiary/aromatic N) is 1. The van der Waals surface area contributed by atoms with Gasteiger partial charge in [0.15, 0.2) is 6.10 Å². The number of nitrogens with one attached hydrogen (secondary N) is 1. The summed E-state index contributed by atoms with van der Waals surface area (Å²) in [5.41, 5.74) is 1.27. The number of hydrogen-bond donors (Lipinski definition) is 1. The number of esters is 1. The van der Waals surface area contributed by atoms with Gasteiger partial charge in [-0.2, -0.15) is 0 Å². The zero-order valence-corrected chi connectivity index (χ0v) is 15.1. The van der Waals surface area contributed by atoms with Crippen LogP contribution in [0.15, 0.2) is 47.6 Å². The first-order chi connectivity index (χ1) is 12.0. The molecule has 0 aliphatic rings. The quantitative estimate of drug-likeness (QED) is 0.604. The van der Waals surface area contributed by atoms with Crippen molar-refractivity contribution in [3.63, 3.8) is 0 Å². The standard InChI is InChI=1S/C18H20N2O4S/c1-12(24-18(22)15-5-4-10-19-17(15)25-3)16(21)20-11-13-6-8-14(23-2)9-7-13/h4-10,12H,11H2,1-3H3,(H,20,21)/t12-/m0/s1. The minimum Gasteiger partial charge on any atom is -0.497 e. The molecule has 7 heteroatoms. The predicted molar refractivity (Wildman–Crippen MR) is 95.7 cm³/mol. The summed E-state index contributed by atoms with van der Waals surface area (Å²) >= 11 is 1.35. The molecule has 2 aromatic rings. The number of hydrogen-bond acceptors (Lipinski definition) is 6. The Labute approximate surface area is 150 Å². The molecular formula is C18H20N2O4S. The summed E-state index contributed by atoms with van der Waals surface area (Å²) < 4.78 is 10.3. The van der Waals surface area contributed by atoms with Gasteiger partial charge in [0.2, 0.25) is 0 Å². The van der Waals surface area contributed by atoms with Crippen LogP contribution in [0.5, 0.6) is 5.75 Å². The number of methoxy groups -OCH3 is 1. The van der Waals surface area contributed by atoms with E-state index in [9.17, 15) is 9.59 Å². The molecule has 1 atom stereocenters. The van der Waals surface area contributed by atoms with E-state index in [1.807, 2.05) is 30.5 Å². The molecule has 132 valence electrons. The molecule has 0 unspecified atom stereocenters. The van der Waals surface area contributed by atoms with Gasteiger partial charge in [0.25, 0.3) is 5.91 Å². The van der Waals surface area contributed by atoms with Crippen molar-refractivity contribution in [2.45, 2.75) is 24.6 Å². The van der Waals surface area contributed by atoms with E-state index in [4.69, 9.17) is 9.47 Å². The molecule has 2 rings (SSSR count). The average Bonchev–Trinajstić information content (AvgIpc) is 2.66. The minimum atomic E-state index is -0.902. The number of thioether (sulfide) groups is 1. The van der Waals surface area contributed by atoms with Gasteiger partial charge in [-0.25, -0.2) is 9.78 Å². The highest BCUT2D eigenvalue weighted by atomic mass is 32.2. The highest BCUT2D eigenvalue weighted by Crippen LogP contribution is 2.18. The largest absolute Gasteiger partial charge is 0.497 e. The summed E-state index contributed by atoms with van der Waals surface area (Å²) in [7, 11) is 1.59. The second-order valence-electron chi connectivity index (χ2n) is 5.17. The van der Waals surface area contributed by atoms with Crippen molar-refractivity contribution in [3.8, 4) is 5.75 Å². The third-order valence-corrected chi connectivity index (χ3v) is 4.18. The molecule has 0 bridgehead atoms. The number of ether oxygens (including phenoxy) is 2. The smallest absolute Gasteiger partial charge is 0.341 e. The van der Waals surface area contributed by atoms with Crippen LogP contribution in [0.1, 0.15) is 22.8 Å². The normalized spacial score (nSPS) is 11.5. The van der Waals surface area contributed by atoms with Crippen LogP contribution in [0.25, 0.3) is 0 Å². The molecule has 0 fully saturated rings. The number of amides is 1. The van der Waals surface area contributed by atoms with Gasteiger partial charge in [-0.3, -0.25) is 4.79 Å². The Morgan fingerprint density at radius 1 is 1.24 bits per heavy atom. The van der Waals surface area contributed by atoms with Gasteiger partial charge in [0.05, 0.1) is 12.7 Å². The Morgan fingerprint density at radius 3 is 2.60 bits per heavy atom. The van der Waals surface area contributed by atoms with E-state index in [1.165, 1.54) is 18.7 Å². The van der Waals surface area contributed by atoms with E-state index >= 15 is 0 Å². The average molecular weight is 360 g/mol. The van der Waals surface area contributed by atoms with E-state index < -0.39 is 12.1 Å². The molecule has 0 saturated carbocycles. The second-order valence-corrected chi connectivity index (χ2v) is 5.97. The molecule has 25 heavy (non-hydrogen) atoms. The Hall–Kier alpha value is -2.54. The van der Waals surface area contributed by atoms with Crippen molar-refractivity contribution >= 4 is 23.6 Å². The maximum atomic E-state index is 12.2. The van der Waals surface area contributed by atoms with Gasteiger partial charge in [-0.1, -0.05) is 12.1 Å². The summed E-state index contributed by atoms with van der Waals surface area (Å²) in [5, 5.41) is 3.31. The fourth-order valence-electron chi connectivity index (χ4n) is 2.06. The Balaban J connectivity index is 1.89. The second kappa shape index (κ2) is 9.08. The number of aromatic nitrogens is 1. The van der Waals surface area contributed by atoms with Crippen molar-refractivity contribution in [3.05, 3.63) is 53.7 Å². The molecular weight excluding hydrogens is 340 g/mol. The highest BCUT2D eigenvalue weighted by molar-refractivity contribution is 7.98. The maximum absolute atomic E-state index is 12.2. The predicted octanol–water partition coefficient (Wildman–Crippen LogP) is 2.67. The first kappa shape index (κ1) is 18.8. The van der Waals surface area contributed by atoms with Crippen LogP contribution in [0, 0.1) is 0 Å². The zero-order valence-electron chi connectivity index (χ0n) is 14.3. The summed E-state index contributed by atoms with van der Waals surface area (Å²) in [6.45, 7) is 1.88. The van der Waals surface area contributed by atoms with E-state index in [1.54, 1.807) is 25.4 Å². The number of carbonyl (C=O) groups is 2. The number of benzene rings is 1. The van der Waals surface area contributed by atoms with Gasteiger partial charge >= 0.3 is 5.97 Å². The molecule has 0 aliphatic carbocycles. The molecule has 0 radical (unpaired) electrons. The topological polar surface area (TPSA) is 77.5 Å². The van der Waals surface area contributed by atoms with Crippen LogP contribution in [-0.4, -0.2) is 36.3 Å². The van der Waals surface area contributed by atoms with Crippen LogP contribution in [0.4, 0.5) is 0 Å². The van der Waals surface area contributed by atoms with Gasteiger partial charge in [0, 0.05) is 12.7 Å². The van der Waals surface area contributed by atoms with Crippen LogP contribution in [0.3, 0.4) is 0 Å². The Morgan fingerprint density at radius 2 is 1.96 bits per heavy atom. The summed E-state index contributed by atoms with van der Waals surface area (Å²) in [4.78, 5) is 28.5. The molecule has 1 aromatic heterocycles. The molecule has 0 aliphatic heterocycles. The molecule has 6 nitrogen and oxygen atoms in total. The van der Waals surface area contributed by atoms with Crippen molar-refractivity contribution in [1.29, 1.82) is 0 Å². The van der Waals surface area contributed by atoms with E-state index in [-0.39, 0.29) is 5.91 Å². The lowest BCUT2D eigenvalue weighted by Crippen LogP contribution is -2.35. The van der Waals surface area contributed by atoms with Crippen LogP contribution in [0.2, 0.25) is 0 Å². The fraction of sp³-hybridized carbons (Fsp3) is 0.278. The van der Waals surface area contributed by atoms with Crippen molar-refractivity contribution in [2.24, 2.45) is 0 Å². The van der Waals surface area contributed by atoms with Crippen molar-refractivity contribution in [2.75, 3.05) is 13.4 Å². The molecule has 1 amide bonds. The third kappa shape index (κ3) is 5.22. The van der Waals surface area contributed by atoms with Crippen molar-refractivity contribution < 1.29 is 19.1 Å². The van der Waals surface area contributed by atoms with Crippen LogP contribution < -0.4 is 10.1 Å². The van der Waals surface area contributed by atoms with E-state index in [0.717, 1.165) is 11.3 Å². The zero-order chi connectivity index (χ0) is 18.2. The van der Waals surface area contributed by atoms with Gasteiger partial charge in [0.1, 0.15) is 10.8 Å². The van der Waals surface area contributed by atoms with E-state index in [2.05, 4.69) is 10.3 Å². The Kier molecular flexibility index (Phi) is 6.82. The maximum Gasteiger partial charge on any atom is 0.341 e. The van der Waals surface area contributed by atoms with Gasteiger partial charge in [-0.05, 0) is 43.0 Å². The van der Waals surface area contributed by atoms with Crippen molar-refractivity contribution in [1.82, 2.24) is 10.3 Å². The van der Waals surface area contributed by atoms with Gasteiger partial charge in [-0.15, -0.1) is 11.8 Å². The number of rotatable bonds is 7.